The van der Waals surface area contributed by atoms with Crippen LogP contribution in [-0.2, 0) is 11.2 Å². The largest absolute Gasteiger partial charge is 0.326 e. The van der Waals surface area contributed by atoms with Gasteiger partial charge in [-0.3, -0.25) is 4.79 Å². The van der Waals surface area contributed by atoms with Gasteiger partial charge >= 0.3 is 0 Å². The highest BCUT2D eigenvalue weighted by Crippen LogP contribution is 2.19. The molecular formula is C16H16ClNOS. The minimum Gasteiger partial charge on any atom is -0.326 e. The minimum absolute atomic E-state index is 0.0261. The molecule has 0 unspecified atom stereocenters. The zero-order valence-electron chi connectivity index (χ0n) is 11.2. The summed E-state index contributed by atoms with van der Waals surface area (Å²) in [6.45, 7) is 0. The van der Waals surface area contributed by atoms with Crippen molar-refractivity contribution in [3.63, 3.8) is 0 Å². The molecule has 20 heavy (non-hydrogen) atoms. The van der Waals surface area contributed by atoms with E-state index in [0.29, 0.717) is 17.9 Å². The quantitative estimate of drug-likeness (QED) is 0.816. The van der Waals surface area contributed by atoms with Gasteiger partial charge in [0, 0.05) is 22.0 Å². The van der Waals surface area contributed by atoms with Crippen LogP contribution in [0.25, 0.3) is 0 Å². The molecule has 2 rings (SSSR count). The molecule has 2 aromatic carbocycles. The zero-order chi connectivity index (χ0) is 14.4. The normalized spacial score (nSPS) is 10.3. The van der Waals surface area contributed by atoms with Crippen molar-refractivity contribution < 1.29 is 4.79 Å². The van der Waals surface area contributed by atoms with Gasteiger partial charge in [0.2, 0.25) is 5.91 Å². The van der Waals surface area contributed by atoms with Crippen LogP contribution in [0.5, 0.6) is 0 Å². The molecule has 0 fully saturated rings. The Morgan fingerprint density at radius 2 is 1.95 bits per heavy atom. The summed E-state index contributed by atoms with van der Waals surface area (Å²) in [6.07, 6.45) is 3.19. The fraction of sp³-hybridized carbons (Fsp3) is 0.188. The van der Waals surface area contributed by atoms with Crippen LogP contribution in [0.1, 0.15) is 12.0 Å². The van der Waals surface area contributed by atoms with E-state index in [9.17, 15) is 4.79 Å². The minimum atomic E-state index is 0.0261. The summed E-state index contributed by atoms with van der Waals surface area (Å²) in [6, 6.07) is 15.4. The lowest BCUT2D eigenvalue weighted by molar-refractivity contribution is -0.116. The van der Waals surface area contributed by atoms with Gasteiger partial charge in [-0.05, 0) is 48.6 Å². The van der Waals surface area contributed by atoms with Crippen LogP contribution < -0.4 is 5.32 Å². The van der Waals surface area contributed by atoms with E-state index in [1.807, 2.05) is 54.8 Å². The van der Waals surface area contributed by atoms with Gasteiger partial charge in [0.05, 0.1) is 0 Å². The van der Waals surface area contributed by atoms with E-state index in [1.165, 1.54) is 0 Å². The maximum absolute atomic E-state index is 11.9. The van der Waals surface area contributed by atoms with Gasteiger partial charge in [-0.2, -0.15) is 0 Å². The van der Waals surface area contributed by atoms with Crippen molar-refractivity contribution in [1.82, 2.24) is 0 Å². The van der Waals surface area contributed by atoms with Crippen LogP contribution in [0.3, 0.4) is 0 Å². The van der Waals surface area contributed by atoms with Crippen LogP contribution in [0.15, 0.2) is 53.4 Å². The molecular weight excluding hydrogens is 290 g/mol. The Bertz CT molecular complexity index is 583. The molecule has 0 bridgehead atoms. The average Bonchev–Trinajstić information content (AvgIpc) is 2.47. The molecule has 0 heterocycles. The summed E-state index contributed by atoms with van der Waals surface area (Å²) in [4.78, 5) is 13.0. The van der Waals surface area contributed by atoms with Crippen LogP contribution in [0.2, 0.25) is 5.02 Å². The molecule has 0 saturated carbocycles. The highest BCUT2D eigenvalue weighted by molar-refractivity contribution is 7.98. The van der Waals surface area contributed by atoms with Gasteiger partial charge in [-0.15, -0.1) is 11.8 Å². The number of hydrogen-bond acceptors (Lipinski definition) is 2. The Balaban J connectivity index is 1.87. The Labute approximate surface area is 128 Å². The SMILES string of the molecule is CSc1cccc(NC(=O)CCc2ccc(Cl)cc2)c1. The number of amides is 1. The second-order valence-corrected chi connectivity index (χ2v) is 5.72. The van der Waals surface area contributed by atoms with Crippen LogP contribution in [-0.4, -0.2) is 12.2 Å². The first kappa shape index (κ1) is 14.9. The molecule has 0 radical (unpaired) electrons. The summed E-state index contributed by atoms with van der Waals surface area (Å²) >= 11 is 7.49. The van der Waals surface area contributed by atoms with Crippen LogP contribution >= 0.6 is 23.4 Å². The first-order valence-corrected chi connectivity index (χ1v) is 7.96. The van der Waals surface area contributed by atoms with E-state index >= 15 is 0 Å². The Hall–Kier alpha value is -1.45. The predicted molar refractivity (Wildman–Crippen MR) is 86.6 cm³/mol. The molecule has 0 aliphatic rings. The lowest BCUT2D eigenvalue weighted by Gasteiger charge is -2.06. The Kier molecular flexibility index (Phi) is 5.50. The number of benzene rings is 2. The molecule has 2 aromatic rings. The van der Waals surface area contributed by atoms with Crippen LogP contribution in [0, 0.1) is 0 Å². The lowest BCUT2D eigenvalue weighted by Crippen LogP contribution is -2.12. The number of nitrogens with one attached hydrogen (secondary N) is 1. The smallest absolute Gasteiger partial charge is 0.224 e. The van der Waals surface area contributed by atoms with Gasteiger partial charge in [0.25, 0.3) is 0 Å². The number of aryl methyl sites for hydroxylation is 1. The van der Waals surface area contributed by atoms with Gasteiger partial charge in [-0.25, -0.2) is 0 Å². The van der Waals surface area contributed by atoms with E-state index in [4.69, 9.17) is 11.6 Å². The third-order valence-electron chi connectivity index (χ3n) is 2.91. The van der Waals surface area contributed by atoms with Crippen molar-refractivity contribution >= 4 is 35.0 Å². The molecule has 0 aromatic heterocycles. The fourth-order valence-corrected chi connectivity index (χ4v) is 2.42. The van der Waals surface area contributed by atoms with E-state index in [2.05, 4.69) is 5.32 Å². The molecule has 104 valence electrons. The van der Waals surface area contributed by atoms with Gasteiger partial charge in [0.15, 0.2) is 0 Å². The highest BCUT2D eigenvalue weighted by Gasteiger charge is 2.04. The number of anilines is 1. The first-order valence-electron chi connectivity index (χ1n) is 6.36. The Morgan fingerprint density at radius 3 is 2.65 bits per heavy atom. The lowest BCUT2D eigenvalue weighted by atomic mass is 10.1. The first-order chi connectivity index (χ1) is 9.67. The van der Waals surface area contributed by atoms with Gasteiger partial charge < -0.3 is 5.32 Å². The van der Waals surface area contributed by atoms with Gasteiger partial charge in [0.1, 0.15) is 0 Å². The predicted octanol–water partition coefficient (Wildman–Crippen LogP) is 4.63. The molecule has 0 spiro atoms. The second-order valence-electron chi connectivity index (χ2n) is 4.41. The van der Waals surface area contributed by atoms with Crippen molar-refractivity contribution in [2.24, 2.45) is 0 Å². The standard InChI is InChI=1S/C16H16ClNOS/c1-20-15-4-2-3-14(11-15)18-16(19)10-7-12-5-8-13(17)9-6-12/h2-6,8-9,11H,7,10H2,1H3,(H,18,19). The number of thioether (sulfide) groups is 1. The second kappa shape index (κ2) is 7.36. The summed E-state index contributed by atoms with van der Waals surface area (Å²) in [5, 5.41) is 3.63. The number of hydrogen-bond donors (Lipinski definition) is 1. The zero-order valence-corrected chi connectivity index (χ0v) is 12.8. The van der Waals surface area contributed by atoms with Crippen molar-refractivity contribution in [3.8, 4) is 0 Å². The summed E-state index contributed by atoms with van der Waals surface area (Å²) in [5.74, 6) is 0.0261. The van der Waals surface area contributed by atoms with E-state index in [1.54, 1.807) is 11.8 Å². The average molecular weight is 306 g/mol. The summed E-state index contributed by atoms with van der Waals surface area (Å²) in [7, 11) is 0. The van der Waals surface area contributed by atoms with Crippen molar-refractivity contribution in [2.45, 2.75) is 17.7 Å². The van der Waals surface area contributed by atoms with E-state index < -0.39 is 0 Å². The monoisotopic (exact) mass is 305 g/mol. The number of carbonyl (C=O) groups is 1. The third-order valence-corrected chi connectivity index (χ3v) is 3.88. The summed E-state index contributed by atoms with van der Waals surface area (Å²) < 4.78 is 0. The maximum atomic E-state index is 11.9. The molecule has 4 heteroatoms. The number of carbonyl (C=O) groups excluding carboxylic acids is 1. The molecule has 0 saturated heterocycles. The van der Waals surface area contributed by atoms with E-state index in [-0.39, 0.29) is 5.91 Å². The summed E-state index contributed by atoms with van der Waals surface area (Å²) in [5.41, 5.74) is 1.96. The van der Waals surface area contributed by atoms with Crippen molar-refractivity contribution in [1.29, 1.82) is 0 Å². The highest BCUT2D eigenvalue weighted by atomic mass is 35.5. The van der Waals surface area contributed by atoms with Crippen molar-refractivity contribution in [2.75, 3.05) is 11.6 Å². The molecule has 0 atom stereocenters. The van der Waals surface area contributed by atoms with Crippen LogP contribution in [0.4, 0.5) is 5.69 Å². The van der Waals surface area contributed by atoms with E-state index in [0.717, 1.165) is 16.1 Å². The number of halogens is 1. The molecule has 0 aliphatic heterocycles. The molecule has 2 nitrogen and oxygen atoms in total. The molecule has 1 N–H and O–H groups in total. The van der Waals surface area contributed by atoms with Crippen molar-refractivity contribution in [3.05, 3.63) is 59.1 Å². The molecule has 0 aliphatic carbocycles. The maximum Gasteiger partial charge on any atom is 0.224 e. The van der Waals surface area contributed by atoms with Gasteiger partial charge in [-0.1, -0.05) is 29.8 Å². The number of rotatable bonds is 5. The Morgan fingerprint density at radius 1 is 1.20 bits per heavy atom. The third kappa shape index (κ3) is 4.58. The topological polar surface area (TPSA) is 29.1 Å². The molecule has 1 amide bonds. The fourth-order valence-electron chi connectivity index (χ4n) is 1.83.